The summed E-state index contributed by atoms with van der Waals surface area (Å²) in [6.45, 7) is 2.42. The summed E-state index contributed by atoms with van der Waals surface area (Å²) in [6, 6.07) is 14.5. The maximum atomic E-state index is 10.4. The van der Waals surface area contributed by atoms with Crippen molar-refractivity contribution >= 4 is 0 Å². The molecule has 26 heavy (non-hydrogen) atoms. The summed E-state index contributed by atoms with van der Waals surface area (Å²) >= 11 is 0. The largest absolute Gasteiger partial charge is 0.391 e. The van der Waals surface area contributed by atoms with Crippen LogP contribution in [0, 0.1) is 5.92 Å². The van der Waals surface area contributed by atoms with Crippen molar-refractivity contribution in [3.8, 4) is 11.3 Å². The fourth-order valence-corrected chi connectivity index (χ4v) is 3.55. The minimum absolute atomic E-state index is 0.208. The first-order valence-electron chi connectivity index (χ1n) is 8.93. The normalized spacial score (nSPS) is 20.3. The van der Waals surface area contributed by atoms with Crippen LogP contribution in [0.1, 0.15) is 11.3 Å². The molecule has 0 amide bonds. The van der Waals surface area contributed by atoms with Gasteiger partial charge < -0.3 is 5.11 Å². The maximum absolute atomic E-state index is 10.4. The lowest BCUT2D eigenvalue weighted by atomic mass is 10.0. The molecule has 0 aliphatic carbocycles. The second-order valence-corrected chi connectivity index (χ2v) is 6.83. The molecule has 4 rings (SSSR count). The number of aliphatic hydroxyl groups excluding tert-OH is 1. The van der Waals surface area contributed by atoms with Crippen LogP contribution < -0.4 is 0 Å². The zero-order valence-electron chi connectivity index (χ0n) is 14.6. The molecule has 0 radical (unpaired) electrons. The van der Waals surface area contributed by atoms with Gasteiger partial charge in [-0.05, 0) is 24.1 Å². The quantitative estimate of drug-likeness (QED) is 0.769. The highest BCUT2D eigenvalue weighted by Crippen LogP contribution is 2.23. The lowest BCUT2D eigenvalue weighted by Gasteiger charge is -2.16. The van der Waals surface area contributed by atoms with Crippen LogP contribution >= 0.6 is 0 Å². The number of aromatic nitrogens is 3. The summed E-state index contributed by atoms with van der Waals surface area (Å²) in [5.74, 6) is 0.208. The van der Waals surface area contributed by atoms with Gasteiger partial charge in [-0.1, -0.05) is 30.3 Å². The van der Waals surface area contributed by atoms with Crippen molar-refractivity contribution in [2.24, 2.45) is 5.92 Å². The van der Waals surface area contributed by atoms with Gasteiger partial charge in [-0.3, -0.25) is 19.9 Å². The van der Waals surface area contributed by atoms with Crippen LogP contribution in [0.15, 0.2) is 67.3 Å². The third-order valence-electron chi connectivity index (χ3n) is 4.89. The maximum Gasteiger partial charge on any atom is 0.0711 e. The summed E-state index contributed by atoms with van der Waals surface area (Å²) < 4.78 is 0. The number of β-amino-alcohol motifs (C(OH)–C–C–N with tert-alkyl or cyclic N) is 1. The first kappa shape index (κ1) is 16.8. The fourth-order valence-electron chi connectivity index (χ4n) is 3.55. The van der Waals surface area contributed by atoms with Crippen LogP contribution in [0.5, 0.6) is 0 Å². The van der Waals surface area contributed by atoms with E-state index in [1.165, 1.54) is 5.56 Å². The first-order valence-corrected chi connectivity index (χ1v) is 8.93. The standard InChI is InChI=1S/C21H22N4O/c26-21-15-25(14-18(21)11-19-12-22-9-10-23-19)13-16-4-6-17(7-5-16)20-3-1-2-8-24-20/h1-10,12,18,21,26H,11,13-15H2/t18-,21-/m1/s1. The summed E-state index contributed by atoms with van der Waals surface area (Å²) in [5.41, 5.74) is 4.30. The Hall–Kier alpha value is -2.63. The summed E-state index contributed by atoms with van der Waals surface area (Å²) in [7, 11) is 0. The fraction of sp³-hybridized carbons (Fsp3) is 0.286. The SMILES string of the molecule is O[C@@H]1CN(Cc2ccc(-c3ccccn3)cc2)C[C@H]1Cc1cnccn1. The molecule has 0 bridgehead atoms. The molecule has 3 heterocycles. The van der Waals surface area contributed by atoms with Gasteiger partial charge in [-0.25, -0.2) is 0 Å². The summed E-state index contributed by atoms with van der Waals surface area (Å²) in [4.78, 5) is 15.1. The second-order valence-electron chi connectivity index (χ2n) is 6.83. The predicted octanol–water partition coefficient (Wildman–Crippen LogP) is 2.57. The van der Waals surface area contributed by atoms with Gasteiger partial charge in [-0.15, -0.1) is 0 Å². The summed E-state index contributed by atoms with van der Waals surface area (Å²) in [5, 5.41) is 10.4. The van der Waals surface area contributed by atoms with Crippen LogP contribution in [0.25, 0.3) is 11.3 Å². The monoisotopic (exact) mass is 346 g/mol. The Labute approximate surface area is 153 Å². The van der Waals surface area contributed by atoms with E-state index in [-0.39, 0.29) is 12.0 Å². The number of nitrogens with zero attached hydrogens (tertiary/aromatic N) is 4. The number of aliphatic hydroxyl groups is 1. The molecular weight excluding hydrogens is 324 g/mol. The lowest BCUT2D eigenvalue weighted by Crippen LogP contribution is -2.21. The van der Waals surface area contributed by atoms with Crippen LogP contribution in [0.4, 0.5) is 0 Å². The topological polar surface area (TPSA) is 62.1 Å². The van der Waals surface area contributed by atoms with Crippen molar-refractivity contribution in [2.75, 3.05) is 13.1 Å². The van der Waals surface area contributed by atoms with Gasteiger partial charge in [0, 0.05) is 55.9 Å². The van der Waals surface area contributed by atoms with Crippen molar-refractivity contribution in [2.45, 2.75) is 19.1 Å². The highest BCUT2D eigenvalue weighted by atomic mass is 16.3. The Balaban J connectivity index is 1.37. The number of hydrogen-bond acceptors (Lipinski definition) is 5. The smallest absolute Gasteiger partial charge is 0.0711 e. The van der Waals surface area contributed by atoms with Gasteiger partial charge in [0.25, 0.3) is 0 Å². The Morgan fingerprint density at radius 3 is 2.58 bits per heavy atom. The van der Waals surface area contributed by atoms with Gasteiger partial charge in [0.1, 0.15) is 0 Å². The molecule has 0 spiro atoms. The van der Waals surface area contributed by atoms with Crippen LogP contribution in [-0.4, -0.2) is 44.2 Å². The predicted molar refractivity (Wildman–Crippen MR) is 100 cm³/mol. The molecule has 1 aliphatic rings. The molecule has 2 aromatic heterocycles. The highest BCUT2D eigenvalue weighted by Gasteiger charge is 2.31. The van der Waals surface area contributed by atoms with Crippen molar-refractivity contribution in [1.82, 2.24) is 19.9 Å². The Morgan fingerprint density at radius 1 is 0.962 bits per heavy atom. The molecule has 1 fully saturated rings. The molecule has 1 saturated heterocycles. The Bertz CT molecular complexity index is 824. The van der Waals surface area contributed by atoms with E-state index in [4.69, 9.17) is 0 Å². The number of hydrogen-bond donors (Lipinski definition) is 1. The van der Waals surface area contributed by atoms with E-state index in [2.05, 4.69) is 44.1 Å². The van der Waals surface area contributed by atoms with Crippen LogP contribution in [-0.2, 0) is 13.0 Å². The van der Waals surface area contributed by atoms with Crippen molar-refractivity contribution in [3.63, 3.8) is 0 Å². The molecule has 0 unspecified atom stereocenters. The molecule has 2 atom stereocenters. The average molecular weight is 346 g/mol. The molecule has 1 aliphatic heterocycles. The Kier molecular flexibility index (Phi) is 5.00. The van der Waals surface area contributed by atoms with Gasteiger partial charge in [0.15, 0.2) is 0 Å². The number of benzene rings is 1. The van der Waals surface area contributed by atoms with Crippen molar-refractivity contribution in [1.29, 1.82) is 0 Å². The zero-order valence-corrected chi connectivity index (χ0v) is 14.6. The molecular formula is C21H22N4O. The third-order valence-corrected chi connectivity index (χ3v) is 4.89. The number of likely N-dealkylation sites (tertiary alicyclic amines) is 1. The van der Waals surface area contributed by atoms with E-state index < -0.39 is 0 Å². The van der Waals surface area contributed by atoms with E-state index in [9.17, 15) is 5.11 Å². The lowest BCUT2D eigenvalue weighted by molar-refractivity contribution is 0.140. The van der Waals surface area contributed by atoms with Gasteiger partial charge in [0.05, 0.1) is 17.5 Å². The van der Waals surface area contributed by atoms with Crippen LogP contribution in [0.2, 0.25) is 0 Å². The molecule has 1 aromatic carbocycles. The molecule has 5 nitrogen and oxygen atoms in total. The van der Waals surface area contributed by atoms with Crippen LogP contribution in [0.3, 0.4) is 0 Å². The second kappa shape index (κ2) is 7.72. The van der Waals surface area contributed by atoms with Gasteiger partial charge in [0.2, 0.25) is 0 Å². The minimum Gasteiger partial charge on any atom is -0.391 e. The van der Waals surface area contributed by atoms with E-state index in [1.54, 1.807) is 18.6 Å². The molecule has 0 saturated carbocycles. The molecule has 1 N–H and O–H groups in total. The average Bonchev–Trinajstić information content (AvgIpc) is 3.03. The molecule has 132 valence electrons. The molecule has 5 heteroatoms. The highest BCUT2D eigenvalue weighted by molar-refractivity contribution is 5.58. The minimum atomic E-state index is -0.315. The van der Waals surface area contributed by atoms with E-state index in [1.807, 2.05) is 24.4 Å². The van der Waals surface area contributed by atoms with E-state index >= 15 is 0 Å². The first-order chi connectivity index (χ1) is 12.8. The van der Waals surface area contributed by atoms with Gasteiger partial charge >= 0.3 is 0 Å². The Morgan fingerprint density at radius 2 is 1.85 bits per heavy atom. The third kappa shape index (κ3) is 3.95. The number of pyridine rings is 1. The zero-order chi connectivity index (χ0) is 17.8. The summed E-state index contributed by atoms with van der Waals surface area (Å²) in [6.07, 6.45) is 7.43. The van der Waals surface area contributed by atoms with E-state index in [0.717, 1.165) is 36.5 Å². The number of rotatable bonds is 5. The van der Waals surface area contributed by atoms with E-state index in [0.29, 0.717) is 6.54 Å². The van der Waals surface area contributed by atoms with Crippen molar-refractivity contribution < 1.29 is 5.11 Å². The molecule has 3 aromatic rings. The van der Waals surface area contributed by atoms with Gasteiger partial charge in [-0.2, -0.15) is 0 Å². The van der Waals surface area contributed by atoms with Crippen molar-refractivity contribution in [3.05, 3.63) is 78.5 Å².